The van der Waals surface area contributed by atoms with Crippen molar-refractivity contribution in [1.29, 1.82) is 0 Å². The predicted octanol–water partition coefficient (Wildman–Crippen LogP) is 0.905. The molecule has 0 aliphatic rings. The van der Waals surface area contributed by atoms with E-state index in [0.29, 0.717) is 12.7 Å². The monoisotopic (exact) mass is 157 g/mol. The molecule has 0 aromatic carbocycles. The number of carbonyl (C=O) groups is 2. The molecule has 0 fully saturated rings. The van der Waals surface area contributed by atoms with Crippen LogP contribution in [0.25, 0.3) is 0 Å². The standard InChI is InChI=1S/C7H11NO3/c1-3-4-7(5-9)8-11-6(2)10/h5H,3-4H2,1-2H3/b8-7+. The van der Waals surface area contributed by atoms with Gasteiger partial charge in [0.1, 0.15) is 5.71 Å². The lowest BCUT2D eigenvalue weighted by Gasteiger charge is -1.93. The molecule has 0 amide bonds. The number of hydrogen-bond acceptors (Lipinski definition) is 4. The van der Waals surface area contributed by atoms with Crippen molar-refractivity contribution in [3.8, 4) is 0 Å². The molecule has 0 spiro atoms. The molecule has 0 aliphatic heterocycles. The van der Waals surface area contributed by atoms with Crippen LogP contribution in [0.4, 0.5) is 0 Å². The summed E-state index contributed by atoms with van der Waals surface area (Å²) in [7, 11) is 0. The van der Waals surface area contributed by atoms with Crippen molar-refractivity contribution in [2.24, 2.45) is 5.16 Å². The SMILES string of the molecule is CCC/C(C=O)=N\OC(C)=O. The highest BCUT2D eigenvalue weighted by molar-refractivity contribution is 6.28. The molecular formula is C7H11NO3. The summed E-state index contributed by atoms with van der Waals surface area (Å²) in [5, 5.41) is 3.33. The Labute approximate surface area is 65.2 Å². The lowest BCUT2D eigenvalue weighted by molar-refractivity contribution is -0.140. The molecule has 0 aliphatic carbocycles. The first-order chi connectivity index (χ1) is 5.20. The van der Waals surface area contributed by atoms with Crippen molar-refractivity contribution in [2.75, 3.05) is 0 Å². The fourth-order valence-corrected chi connectivity index (χ4v) is 0.505. The summed E-state index contributed by atoms with van der Waals surface area (Å²) in [5.74, 6) is -0.513. The molecule has 0 saturated heterocycles. The van der Waals surface area contributed by atoms with E-state index >= 15 is 0 Å². The van der Waals surface area contributed by atoms with Gasteiger partial charge in [0.25, 0.3) is 0 Å². The predicted molar refractivity (Wildman–Crippen MR) is 40.2 cm³/mol. The Morgan fingerprint density at radius 1 is 1.64 bits per heavy atom. The number of aldehydes is 1. The Morgan fingerprint density at radius 2 is 2.27 bits per heavy atom. The summed E-state index contributed by atoms with van der Waals surface area (Å²) < 4.78 is 0. The first-order valence-electron chi connectivity index (χ1n) is 3.40. The van der Waals surface area contributed by atoms with E-state index in [1.807, 2.05) is 6.92 Å². The van der Waals surface area contributed by atoms with Gasteiger partial charge in [0, 0.05) is 6.92 Å². The van der Waals surface area contributed by atoms with E-state index < -0.39 is 5.97 Å². The van der Waals surface area contributed by atoms with Gasteiger partial charge in [0.05, 0.1) is 0 Å². The molecule has 11 heavy (non-hydrogen) atoms. The van der Waals surface area contributed by atoms with Crippen LogP contribution < -0.4 is 0 Å². The van der Waals surface area contributed by atoms with Gasteiger partial charge in [-0.2, -0.15) is 0 Å². The van der Waals surface area contributed by atoms with E-state index in [9.17, 15) is 9.59 Å². The summed E-state index contributed by atoms with van der Waals surface area (Å²) in [5.41, 5.74) is 0.266. The Bertz CT molecular complexity index is 175. The summed E-state index contributed by atoms with van der Waals surface area (Å²) in [6.45, 7) is 3.14. The Hall–Kier alpha value is -1.19. The molecule has 0 heterocycles. The number of carbonyl (C=O) groups excluding carboxylic acids is 2. The summed E-state index contributed by atoms with van der Waals surface area (Å²) in [4.78, 5) is 24.7. The zero-order chi connectivity index (χ0) is 8.69. The molecule has 62 valence electrons. The van der Waals surface area contributed by atoms with Gasteiger partial charge >= 0.3 is 5.97 Å². The maximum Gasteiger partial charge on any atom is 0.331 e. The third-order valence-corrected chi connectivity index (χ3v) is 0.934. The minimum atomic E-state index is -0.513. The third kappa shape index (κ3) is 5.26. The van der Waals surface area contributed by atoms with Crippen LogP contribution in [0.3, 0.4) is 0 Å². The van der Waals surface area contributed by atoms with Gasteiger partial charge < -0.3 is 4.84 Å². The van der Waals surface area contributed by atoms with E-state index in [-0.39, 0.29) is 5.71 Å². The van der Waals surface area contributed by atoms with E-state index in [0.717, 1.165) is 6.42 Å². The highest BCUT2D eigenvalue weighted by Gasteiger charge is 1.96. The van der Waals surface area contributed by atoms with Crippen molar-refractivity contribution in [3.63, 3.8) is 0 Å². The fraction of sp³-hybridized carbons (Fsp3) is 0.571. The van der Waals surface area contributed by atoms with Crippen molar-refractivity contribution in [1.82, 2.24) is 0 Å². The largest absolute Gasteiger partial charge is 0.331 e. The highest BCUT2D eigenvalue weighted by atomic mass is 16.7. The highest BCUT2D eigenvalue weighted by Crippen LogP contribution is 1.90. The molecule has 4 heteroatoms. The third-order valence-electron chi connectivity index (χ3n) is 0.934. The van der Waals surface area contributed by atoms with Crippen molar-refractivity contribution in [2.45, 2.75) is 26.7 Å². The van der Waals surface area contributed by atoms with Gasteiger partial charge in [-0.15, -0.1) is 0 Å². The van der Waals surface area contributed by atoms with Crippen molar-refractivity contribution < 1.29 is 14.4 Å². The van der Waals surface area contributed by atoms with Crippen LogP contribution >= 0.6 is 0 Å². The van der Waals surface area contributed by atoms with Crippen LogP contribution in [0, 0.1) is 0 Å². The smallest absolute Gasteiger partial charge is 0.318 e. The normalized spacial score (nSPS) is 10.9. The van der Waals surface area contributed by atoms with Crippen LogP contribution in [0.5, 0.6) is 0 Å². The first-order valence-corrected chi connectivity index (χ1v) is 3.40. The van der Waals surface area contributed by atoms with Gasteiger partial charge in [-0.3, -0.25) is 4.79 Å². The summed E-state index contributed by atoms with van der Waals surface area (Å²) >= 11 is 0. The van der Waals surface area contributed by atoms with Crippen LogP contribution in [0.2, 0.25) is 0 Å². The van der Waals surface area contributed by atoms with E-state index in [4.69, 9.17) is 0 Å². The lowest BCUT2D eigenvalue weighted by atomic mass is 10.2. The number of nitrogens with zero attached hydrogens (tertiary/aromatic N) is 1. The average molecular weight is 157 g/mol. The summed E-state index contributed by atoms with van der Waals surface area (Å²) in [6, 6.07) is 0. The number of rotatable bonds is 4. The molecule has 4 nitrogen and oxygen atoms in total. The second-order valence-corrected chi connectivity index (χ2v) is 2.03. The molecular weight excluding hydrogens is 146 g/mol. The molecule has 0 N–H and O–H groups in total. The Balaban J connectivity index is 3.90. The van der Waals surface area contributed by atoms with Crippen LogP contribution in [0.15, 0.2) is 5.16 Å². The van der Waals surface area contributed by atoms with Gasteiger partial charge in [-0.1, -0.05) is 18.5 Å². The van der Waals surface area contributed by atoms with Gasteiger partial charge in [0.15, 0.2) is 6.29 Å². The first kappa shape index (κ1) is 9.81. The van der Waals surface area contributed by atoms with Gasteiger partial charge in [-0.25, -0.2) is 4.79 Å². The fourth-order valence-electron chi connectivity index (χ4n) is 0.505. The van der Waals surface area contributed by atoms with E-state index in [1.54, 1.807) is 0 Å². The molecule has 0 bridgehead atoms. The van der Waals surface area contributed by atoms with Crippen molar-refractivity contribution in [3.05, 3.63) is 0 Å². The summed E-state index contributed by atoms with van der Waals surface area (Å²) in [6.07, 6.45) is 1.93. The lowest BCUT2D eigenvalue weighted by Crippen LogP contribution is -2.02. The van der Waals surface area contributed by atoms with E-state index in [2.05, 4.69) is 9.99 Å². The Morgan fingerprint density at radius 3 is 2.64 bits per heavy atom. The quantitative estimate of drug-likeness (QED) is 0.264. The molecule has 0 atom stereocenters. The van der Waals surface area contributed by atoms with Crippen LogP contribution in [0.1, 0.15) is 26.7 Å². The Kier molecular flexibility index (Phi) is 4.98. The van der Waals surface area contributed by atoms with Crippen LogP contribution in [-0.4, -0.2) is 18.0 Å². The molecule has 0 rings (SSSR count). The number of oxime groups is 1. The molecule has 0 radical (unpaired) electrons. The van der Waals surface area contributed by atoms with Gasteiger partial charge in [0.2, 0.25) is 0 Å². The number of hydrogen-bond donors (Lipinski definition) is 0. The minimum absolute atomic E-state index is 0.266. The van der Waals surface area contributed by atoms with Crippen LogP contribution in [-0.2, 0) is 14.4 Å². The second-order valence-electron chi connectivity index (χ2n) is 2.03. The topological polar surface area (TPSA) is 55.7 Å². The maximum atomic E-state index is 10.2. The average Bonchev–Trinajstić information content (AvgIpc) is 1.97. The van der Waals surface area contributed by atoms with Gasteiger partial charge in [-0.05, 0) is 6.42 Å². The van der Waals surface area contributed by atoms with E-state index in [1.165, 1.54) is 6.92 Å². The zero-order valence-electron chi connectivity index (χ0n) is 6.66. The zero-order valence-corrected chi connectivity index (χ0v) is 6.66. The molecule has 0 unspecified atom stereocenters. The maximum absolute atomic E-state index is 10.2. The minimum Gasteiger partial charge on any atom is -0.318 e. The molecule has 0 aromatic rings. The van der Waals surface area contributed by atoms with Crippen molar-refractivity contribution >= 4 is 18.0 Å². The molecule has 0 saturated carbocycles. The second kappa shape index (κ2) is 5.58. The molecule has 0 aromatic heterocycles.